The van der Waals surface area contributed by atoms with Gasteiger partial charge in [-0.1, -0.05) is 12.1 Å². The molecule has 0 radical (unpaired) electrons. The molecule has 2 atom stereocenters. The summed E-state index contributed by atoms with van der Waals surface area (Å²) in [5.74, 6) is 0.0609. The van der Waals surface area contributed by atoms with Crippen molar-refractivity contribution in [2.75, 3.05) is 13.2 Å². The van der Waals surface area contributed by atoms with E-state index in [-0.39, 0.29) is 30.5 Å². The van der Waals surface area contributed by atoms with E-state index < -0.39 is 7.44 Å². The minimum atomic E-state index is -3.20. The molecule has 6 heteroatoms. The van der Waals surface area contributed by atoms with Crippen LogP contribution in [0.4, 0.5) is 0 Å². The van der Waals surface area contributed by atoms with E-state index in [0.29, 0.717) is 11.8 Å². The third kappa shape index (κ3) is 3.34. The number of hydrogen-bond donors (Lipinski definition) is 2. The van der Waals surface area contributed by atoms with Gasteiger partial charge in [-0.25, -0.2) is 9.34 Å². The smallest absolute Gasteiger partial charge is 0.250 e. The molecule has 2 rings (SSSR count). The van der Waals surface area contributed by atoms with Gasteiger partial charge < -0.3 is 10.2 Å². The summed E-state index contributed by atoms with van der Waals surface area (Å²) in [6.45, 7) is 8.76. The number of nitrogens with zero attached hydrogens (tertiary/aromatic N) is 2. The van der Waals surface area contributed by atoms with Crippen LogP contribution in [0, 0.1) is 0 Å². The molecule has 0 spiro atoms. The molecule has 0 aliphatic carbocycles. The van der Waals surface area contributed by atoms with Gasteiger partial charge in [-0.15, -0.1) is 0 Å². The van der Waals surface area contributed by atoms with E-state index in [1.54, 1.807) is 18.2 Å². The largest absolute Gasteiger partial charge is 0.507 e. The van der Waals surface area contributed by atoms with Crippen molar-refractivity contribution < 1.29 is 14.8 Å². The highest BCUT2D eigenvalue weighted by Gasteiger charge is 2.47. The molecule has 23 heavy (non-hydrogen) atoms. The first-order valence-corrected chi connectivity index (χ1v) is 10.0. The Morgan fingerprint density at radius 1 is 1.26 bits per heavy atom. The predicted molar refractivity (Wildman–Crippen MR) is 94.3 cm³/mol. The van der Waals surface area contributed by atoms with E-state index in [2.05, 4.69) is 0 Å². The highest BCUT2D eigenvalue weighted by Crippen LogP contribution is 2.58. The Kier molecular flexibility index (Phi) is 5.90. The lowest BCUT2D eigenvalue weighted by atomic mass is 10.2. The minimum Gasteiger partial charge on any atom is -0.507 e. The summed E-state index contributed by atoms with van der Waals surface area (Å²) in [5.41, 5.74) is 0. The van der Waals surface area contributed by atoms with Crippen molar-refractivity contribution in [1.82, 2.24) is 9.34 Å². The zero-order valence-corrected chi connectivity index (χ0v) is 15.4. The van der Waals surface area contributed by atoms with E-state index in [4.69, 9.17) is 0 Å². The van der Waals surface area contributed by atoms with Crippen LogP contribution in [-0.4, -0.2) is 50.8 Å². The monoisotopic (exact) mass is 340 g/mol. The van der Waals surface area contributed by atoms with Gasteiger partial charge in [0.25, 0.3) is 0 Å². The van der Waals surface area contributed by atoms with Gasteiger partial charge in [0.15, 0.2) is 0 Å². The molecule has 1 aromatic rings. The molecule has 0 bridgehead atoms. The molecule has 2 N–H and O–H groups in total. The highest BCUT2D eigenvalue weighted by atomic mass is 31.2. The second-order valence-corrected chi connectivity index (χ2v) is 9.29. The van der Waals surface area contributed by atoms with Crippen molar-refractivity contribution in [2.45, 2.75) is 58.7 Å². The third-order valence-corrected chi connectivity index (χ3v) is 8.25. The highest BCUT2D eigenvalue weighted by molar-refractivity contribution is 7.67. The van der Waals surface area contributed by atoms with Gasteiger partial charge in [0, 0.05) is 24.7 Å². The SMILES string of the molecule is CC(C)N(C(C)C)[P@](=O)(c1ccccc1O)N1CCC[C@H]1CO. The first-order valence-electron chi connectivity index (χ1n) is 8.39. The summed E-state index contributed by atoms with van der Waals surface area (Å²) in [5, 5.41) is 20.6. The lowest BCUT2D eigenvalue weighted by molar-refractivity contribution is 0.196. The molecule has 1 heterocycles. The number of aromatic hydroxyl groups is 1. The number of rotatable bonds is 6. The maximum absolute atomic E-state index is 14.4. The number of benzene rings is 1. The van der Waals surface area contributed by atoms with E-state index in [1.807, 2.05) is 43.1 Å². The van der Waals surface area contributed by atoms with Crippen molar-refractivity contribution in [3.63, 3.8) is 0 Å². The molecule has 1 aliphatic heterocycles. The molecule has 1 aromatic carbocycles. The number of aliphatic hydroxyl groups is 1. The third-order valence-electron chi connectivity index (χ3n) is 4.47. The molecule has 5 nitrogen and oxygen atoms in total. The first-order chi connectivity index (χ1) is 10.8. The van der Waals surface area contributed by atoms with E-state index in [9.17, 15) is 14.8 Å². The number of para-hydroxylation sites is 1. The molecular weight excluding hydrogens is 311 g/mol. The average molecular weight is 340 g/mol. The van der Waals surface area contributed by atoms with E-state index >= 15 is 0 Å². The fourth-order valence-electron chi connectivity index (χ4n) is 3.69. The molecule has 1 saturated heterocycles. The zero-order chi connectivity index (χ0) is 17.2. The normalized spacial score (nSPS) is 22.2. The van der Waals surface area contributed by atoms with Crippen LogP contribution in [0.5, 0.6) is 5.75 Å². The number of aliphatic hydroxyl groups excluding tert-OH is 1. The Morgan fingerprint density at radius 3 is 2.39 bits per heavy atom. The lowest BCUT2D eigenvalue weighted by Crippen LogP contribution is -2.46. The molecule has 130 valence electrons. The molecule has 0 amide bonds. The van der Waals surface area contributed by atoms with Gasteiger partial charge in [0.2, 0.25) is 7.44 Å². The summed E-state index contributed by atoms with van der Waals surface area (Å²) in [6, 6.07) is 6.88. The summed E-state index contributed by atoms with van der Waals surface area (Å²) >= 11 is 0. The second-order valence-electron chi connectivity index (χ2n) is 6.74. The quantitative estimate of drug-likeness (QED) is 0.780. The van der Waals surface area contributed by atoms with Gasteiger partial charge in [-0.05, 0) is 52.7 Å². The Labute approximate surface area is 139 Å². The van der Waals surface area contributed by atoms with Crippen molar-refractivity contribution in [2.24, 2.45) is 0 Å². The van der Waals surface area contributed by atoms with Gasteiger partial charge in [-0.2, -0.15) is 0 Å². The zero-order valence-electron chi connectivity index (χ0n) is 14.5. The van der Waals surface area contributed by atoms with Crippen molar-refractivity contribution in [3.8, 4) is 5.75 Å². The van der Waals surface area contributed by atoms with Crippen molar-refractivity contribution in [1.29, 1.82) is 0 Å². The van der Waals surface area contributed by atoms with Gasteiger partial charge >= 0.3 is 0 Å². The summed E-state index contributed by atoms with van der Waals surface area (Å²) < 4.78 is 18.3. The first kappa shape index (κ1) is 18.5. The van der Waals surface area contributed by atoms with E-state index in [0.717, 1.165) is 12.8 Å². The molecule has 1 fully saturated rings. The lowest BCUT2D eigenvalue weighted by Gasteiger charge is -2.44. The number of phenols is 1. The predicted octanol–water partition coefficient (Wildman–Crippen LogP) is 2.79. The van der Waals surface area contributed by atoms with Crippen LogP contribution in [0.2, 0.25) is 0 Å². The maximum atomic E-state index is 14.4. The summed E-state index contributed by atoms with van der Waals surface area (Å²) in [7, 11) is -3.20. The molecule has 0 saturated carbocycles. The average Bonchev–Trinajstić information content (AvgIpc) is 2.95. The van der Waals surface area contributed by atoms with Gasteiger partial charge in [0.1, 0.15) is 5.75 Å². The molecular formula is C17H29N2O3P. The van der Waals surface area contributed by atoms with Crippen molar-refractivity contribution in [3.05, 3.63) is 24.3 Å². The van der Waals surface area contributed by atoms with Crippen molar-refractivity contribution >= 4 is 12.7 Å². The summed E-state index contributed by atoms with van der Waals surface area (Å²) in [6.07, 6.45) is 1.74. The number of hydrogen-bond acceptors (Lipinski definition) is 3. The van der Waals surface area contributed by atoms with Crippen LogP contribution < -0.4 is 5.30 Å². The van der Waals surface area contributed by atoms with Crippen LogP contribution in [0.1, 0.15) is 40.5 Å². The standard InChI is InChI=1S/C17H29N2O3P/c1-13(2)19(14(3)4)23(22,17-10-6-5-9-16(17)21)18-11-7-8-15(18)12-20/h5-6,9-10,13-15,20-21H,7-8,11-12H2,1-4H3/t15-,23-/m0/s1. The second kappa shape index (κ2) is 7.35. The molecule has 0 unspecified atom stereocenters. The van der Waals surface area contributed by atoms with Crippen LogP contribution in [0.25, 0.3) is 0 Å². The minimum absolute atomic E-state index is 0.0123. The van der Waals surface area contributed by atoms with Crippen LogP contribution in [0.15, 0.2) is 24.3 Å². The Hall–Kier alpha value is -0.870. The summed E-state index contributed by atoms with van der Waals surface area (Å²) in [4.78, 5) is 0. The fraction of sp³-hybridized carbons (Fsp3) is 0.647. The Morgan fingerprint density at radius 2 is 1.87 bits per heavy atom. The Balaban J connectivity index is 2.64. The maximum Gasteiger partial charge on any atom is 0.250 e. The Bertz CT molecular complexity index is 569. The van der Waals surface area contributed by atoms with Gasteiger partial charge in [-0.3, -0.25) is 4.57 Å². The van der Waals surface area contributed by atoms with Gasteiger partial charge in [0.05, 0.1) is 11.9 Å². The fourth-order valence-corrected chi connectivity index (χ4v) is 7.43. The van der Waals surface area contributed by atoms with Crippen LogP contribution >= 0.6 is 7.44 Å². The van der Waals surface area contributed by atoms with E-state index in [1.165, 1.54) is 0 Å². The molecule has 0 aromatic heterocycles. The molecule has 1 aliphatic rings. The number of phenolic OH excluding ortho intramolecular Hbond substituents is 1. The van der Waals surface area contributed by atoms with Crippen LogP contribution in [0.3, 0.4) is 0 Å². The topological polar surface area (TPSA) is 64.0 Å². The van der Waals surface area contributed by atoms with Crippen LogP contribution in [-0.2, 0) is 4.57 Å².